The molecule has 2 aromatic rings. The first-order chi connectivity index (χ1) is 15.1. The molecule has 0 aromatic heterocycles. The zero-order valence-electron chi connectivity index (χ0n) is 17.8. The highest BCUT2D eigenvalue weighted by Crippen LogP contribution is 2.28. The molecule has 0 fully saturated rings. The Morgan fingerprint density at radius 1 is 1.12 bits per heavy atom. The summed E-state index contributed by atoms with van der Waals surface area (Å²) in [5, 5.41) is 7.40. The van der Waals surface area contributed by atoms with Crippen LogP contribution in [0.2, 0.25) is 10.0 Å². The van der Waals surface area contributed by atoms with Crippen molar-refractivity contribution in [1.29, 1.82) is 0 Å². The van der Waals surface area contributed by atoms with Crippen molar-refractivity contribution < 1.29 is 23.5 Å². The Hall–Kier alpha value is -2.59. The van der Waals surface area contributed by atoms with Crippen molar-refractivity contribution in [3.8, 4) is 0 Å². The summed E-state index contributed by atoms with van der Waals surface area (Å²) in [4.78, 5) is 25.7. The van der Waals surface area contributed by atoms with E-state index in [1.807, 2.05) is 0 Å². The molecule has 0 saturated heterocycles. The van der Waals surface area contributed by atoms with E-state index in [9.17, 15) is 14.0 Å². The monoisotopic (exact) mass is 486 g/mol. The van der Waals surface area contributed by atoms with Crippen molar-refractivity contribution in [3.05, 3.63) is 57.8 Å². The van der Waals surface area contributed by atoms with Gasteiger partial charge in [0.15, 0.2) is 12.1 Å². The lowest BCUT2D eigenvalue weighted by Crippen LogP contribution is -2.59. The van der Waals surface area contributed by atoms with Crippen LogP contribution < -0.4 is 21.7 Å². The van der Waals surface area contributed by atoms with E-state index in [0.29, 0.717) is 5.69 Å². The molecule has 1 atom stereocenters. The van der Waals surface area contributed by atoms with Crippen LogP contribution in [0, 0.1) is 5.82 Å². The Labute approximate surface area is 195 Å². The molecule has 0 radical (unpaired) electrons. The Morgan fingerprint density at radius 3 is 2.22 bits per heavy atom. The van der Waals surface area contributed by atoms with E-state index in [4.69, 9.17) is 38.4 Å². The minimum atomic E-state index is -1.41. The number of rotatable bonds is 9. The summed E-state index contributed by atoms with van der Waals surface area (Å²) < 4.78 is 23.8. The lowest BCUT2D eigenvalue weighted by atomic mass is 9.91. The Balaban J connectivity index is 2.24. The molecule has 2 rings (SSSR count). The van der Waals surface area contributed by atoms with Crippen LogP contribution in [-0.2, 0) is 20.7 Å². The minimum absolute atomic E-state index is 0.0571. The highest BCUT2D eigenvalue weighted by atomic mass is 35.5. The molecule has 0 saturated carbocycles. The number of amides is 3. The second kappa shape index (κ2) is 11.3. The van der Waals surface area contributed by atoms with Gasteiger partial charge in [0.1, 0.15) is 5.54 Å². The first kappa shape index (κ1) is 25.7. The topological polar surface area (TPSA) is 115 Å². The van der Waals surface area contributed by atoms with Crippen LogP contribution >= 0.6 is 23.2 Å². The molecule has 32 heavy (non-hydrogen) atoms. The molecule has 0 bridgehead atoms. The summed E-state index contributed by atoms with van der Waals surface area (Å²) in [6.07, 6.45) is -0.519. The van der Waals surface area contributed by atoms with Crippen molar-refractivity contribution in [2.45, 2.75) is 25.2 Å². The number of ether oxygens (including phenoxy) is 2. The first-order valence-corrected chi connectivity index (χ1v) is 10.3. The normalized spacial score (nSPS) is 12.8. The fraction of sp³-hybridized carbons (Fsp3) is 0.333. The van der Waals surface area contributed by atoms with Crippen LogP contribution in [0.3, 0.4) is 0 Å². The van der Waals surface area contributed by atoms with Crippen LogP contribution in [-0.4, -0.2) is 44.5 Å². The lowest BCUT2D eigenvalue weighted by molar-refractivity contribution is -0.121. The maximum Gasteiger partial charge on any atom is 0.315 e. The minimum Gasteiger partial charge on any atom is -0.399 e. The molecule has 0 unspecified atom stereocenters. The van der Waals surface area contributed by atoms with Gasteiger partial charge in [0.25, 0.3) is 0 Å². The van der Waals surface area contributed by atoms with Crippen molar-refractivity contribution in [2.24, 2.45) is 0 Å². The molecular weight excluding hydrogens is 462 g/mol. The van der Waals surface area contributed by atoms with Crippen LogP contribution in [0.1, 0.15) is 12.5 Å². The third kappa shape index (κ3) is 6.96. The third-order valence-electron chi connectivity index (χ3n) is 4.62. The Kier molecular flexibility index (Phi) is 9.09. The van der Waals surface area contributed by atoms with Crippen molar-refractivity contribution in [3.63, 3.8) is 0 Å². The van der Waals surface area contributed by atoms with Crippen LogP contribution in [0.5, 0.6) is 0 Å². The molecule has 0 spiro atoms. The van der Waals surface area contributed by atoms with Gasteiger partial charge in [-0.25, -0.2) is 9.18 Å². The number of anilines is 2. The van der Waals surface area contributed by atoms with Crippen molar-refractivity contribution in [1.82, 2.24) is 10.6 Å². The molecule has 0 aliphatic heterocycles. The average Bonchev–Trinajstić information content (AvgIpc) is 2.74. The van der Waals surface area contributed by atoms with Gasteiger partial charge in [-0.1, -0.05) is 35.3 Å². The number of nitrogen functional groups attached to an aromatic ring is 1. The number of methoxy groups -OCH3 is 2. The van der Waals surface area contributed by atoms with E-state index in [-0.39, 0.29) is 28.7 Å². The third-order valence-corrected chi connectivity index (χ3v) is 5.17. The van der Waals surface area contributed by atoms with Gasteiger partial charge in [0.2, 0.25) is 5.91 Å². The number of benzene rings is 2. The van der Waals surface area contributed by atoms with Gasteiger partial charge in [0.05, 0.1) is 16.6 Å². The van der Waals surface area contributed by atoms with E-state index in [1.54, 1.807) is 31.2 Å². The molecule has 2 aromatic carbocycles. The fourth-order valence-corrected chi connectivity index (χ4v) is 3.34. The average molecular weight is 487 g/mol. The predicted octanol–water partition coefficient (Wildman–Crippen LogP) is 3.57. The van der Waals surface area contributed by atoms with E-state index < -0.39 is 29.6 Å². The molecular formula is C21H25Cl2FN4O4. The standard InChI is InChI=1S/C21H25Cl2FN4O4/c1-21(10-12-4-6-13(25)7-5-12,28-20(30)26-11-17(31-2)32-3)19(29)27-14-8-15(22)18(24)16(23)9-14/h4-9,17H,10-11,25H2,1-3H3,(H,27,29)(H2,26,28,30)/t21-/m1/s1. The second-order valence-electron chi connectivity index (χ2n) is 7.19. The molecule has 5 N–H and O–H groups in total. The van der Waals surface area contributed by atoms with E-state index in [2.05, 4.69) is 16.0 Å². The smallest absolute Gasteiger partial charge is 0.315 e. The van der Waals surface area contributed by atoms with Gasteiger partial charge in [-0.3, -0.25) is 4.79 Å². The summed E-state index contributed by atoms with van der Waals surface area (Å²) in [5.41, 5.74) is 5.80. The molecule has 8 nitrogen and oxygen atoms in total. The van der Waals surface area contributed by atoms with Crippen molar-refractivity contribution in [2.75, 3.05) is 31.8 Å². The number of halogens is 3. The Bertz CT molecular complexity index is 934. The quantitative estimate of drug-likeness (QED) is 0.245. The number of hydrogen-bond donors (Lipinski definition) is 4. The van der Waals surface area contributed by atoms with Crippen LogP contribution in [0.15, 0.2) is 36.4 Å². The van der Waals surface area contributed by atoms with Crippen LogP contribution in [0.25, 0.3) is 0 Å². The summed E-state index contributed by atoms with van der Waals surface area (Å²) in [5.74, 6) is -1.36. The largest absolute Gasteiger partial charge is 0.399 e. The van der Waals surface area contributed by atoms with Gasteiger partial charge in [-0.15, -0.1) is 0 Å². The zero-order chi connectivity index (χ0) is 23.9. The molecule has 0 aliphatic rings. The lowest BCUT2D eigenvalue weighted by Gasteiger charge is -2.30. The molecule has 11 heteroatoms. The van der Waals surface area contributed by atoms with Crippen LogP contribution in [0.4, 0.5) is 20.6 Å². The summed E-state index contributed by atoms with van der Waals surface area (Å²) >= 11 is 11.6. The van der Waals surface area contributed by atoms with E-state index >= 15 is 0 Å². The second-order valence-corrected chi connectivity index (χ2v) is 8.01. The highest BCUT2D eigenvalue weighted by Gasteiger charge is 2.35. The number of urea groups is 1. The van der Waals surface area contributed by atoms with Gasteiger partial charge >= 0.3 is 6.03 Å². The fourth-order valence-electron chi connectivity index (χ4n) is 2.86. The number of carbonyl (C=O) groups excluding carboxylic acids is 2. The molecule has 0 aliphatic carbocycles. The SMILES string of the molecule is COC(CNC(=O)N[C@](C)(Cc1ccc(N)cc1)C(=O)Nc1cc(Cl)c(F)c(Cl)c1)OC. The van der Waals surface area contributed by atoms with Gasteiger partial charge < -0.3 is 31.2 Å². The zero-order valence-corrected chi connectivity index (χ0v) is 19.3. The molecule has 3 amide bonds. The van der Waals surface area contributed by atoms with E-state index in [0.717, 1.165) is 5.56 Å². The van der Waals surface area contributed by atoms with Gasteiger partial charge in [-0.05, 0) is 36.8 Å². The molecule has 0 heterocycles. The van der Waals surface area contributed by atoms with E-state index in [1.165, 1.54) is 26.4 Å². The molecule has 174 valence electrons. The number of nitrogens with two attached hydrogens (primary N) is 1. The maximum absolute atomic E-state index is 13.7. The summed E-state index contributed by atoms with van der Waals surface area (Å²) in [7, 11) is 2.87. The van der Waals surface area contributed by atoms with Gasteiger partial charge in [-0.2, -0.15) is 0 Å². The number of nitrogens with one attached hydrogen (secondary N) is 3. The number of carbonyl (C=O) groups is 2. The number of hydrogen-bond acceptors (Lipinski definition) is 5. The van der Waals surface area contributed by atoms with Crippen molar-refractivity contribution >= 4 is 46.5 Å². The maximum atomic E-state index is 13.7. The van der Waals surface area contributed by atoms with Gasteiger partial charge in [0, 0.05) is 32.0 Å². The Morgan fingerprint density at radius 2 is 1.69 bits per heavy atom. The summed E-state index contributed by atoms with van der Waals surface area (Å²) in [6, 6.07) is 8.71. The first-order valence-electron chi connectivity index (χ1n) is 9.50. The highest BCUT2D eigenvalue weighted by molar-refractivity contribution is 6.35. The predicted molar refractivity (Wildman–Crippen MR) is 122 cm³/mol. The summed E-state index contributed by atoms with van der Waals surface area (Å²) in [6.45, 7) is 1.61.